The molecule has 6 aromatic carbocycles. The molecule has 0 saturated carbocycles. The maximum atomic E-state index is 13.4. The number of thioether (sulfide) groups is 2. The molecule has 0 radical (unpaired) electrons. The molecule has 0 saturated heterocycles. The van der Waals surface area contributed by atoms with E-state index in [2.05, 4.69) is 69.9 Å². The number of sulfone groups is 2. The van der Waals surface area contributed by atoms with Crippen LogP contribution in [0.3, 0.4) is 0 Å². The molecule has 0 aromatic heterocycles. The Morgan fingerprint density at radius 2 is 0.773 bits per heavy atom. The van der Waals surface area contributed by atoms with Gasteiger partial charge >= 0.3 is 20.8 Å². The van der Waals surface area contributed by atoms with Gasteiger partial charge in [-0.05, 0) is 136 Å². The molecule has 6 aromatic rings. The van der Waals surface area contributed by atoms with Crippen molar-refractivity contribution in [2.24, 2.45) is 40.9 Å². The van der Waals surface area contributed by atoms with E-state index in [0.29, 0.717) is 35.7 Å². The Kier molecular flexibility index (Phi) is 27.7. The van der Waals surface area contributed by atoms with E-state index >= 15 is 0 Å². The molecule has 0 aliphatic heterocycles. The van der Waals surface area contributed by atoms with Gasteiger partial charge < -0.3 is 38.6 Å². The summed E-state index contributed by atoms with van der Waals surface area (Å²) in [6.45, 7) is -0.292. The largest absolute Gasteiger partial charge is 0.433 e. The Bertz CT molecular complexity index is 5220. The van der Waals surface area contributed by atoms with E-state index in [1.54, 1.807) is 12.2 Å². The van der Waals surface area contributed by atoms with Gasteiger partial charge in [0.1, 0.15) is 53.7 Å². The van der Waals surface area contributed by atoms with E-state index in [1.807, 2.05) is 0 Å². The lowest BCUT2D eigenvalue weighted by atomic mass is 10.2. The van der Waals surface area contributed by atoms with Crippen LogP contribution in [0.1, 0.15) is 12.8 Å². The second-order valence-corrected chi connectivity index (χ2v) is 31.3. The number of rotatable bonds is 28. The first-order valence-corrected chi connectivity index (χ1v) is 38.0. The van der Waals surface area contributed by atoms with E-state index in [4.69, 9.17) is 36.8 Å². The molecule has 0 aliphatic carbocycles. The van der Waals surface area contributed by atoms with Crippen molar-refractivity contribution in [2.45, 2.75) is 52.0 Å². The molecule has 0 atom stereocenters. The van der Waals surface area contributed by atoms with Gasteiger partial charge in [0, 0.05) is 33.5 Å². The van der Waals surface area contributed by atoms with Gasteiger partial charge in [0.05, 0.1) is 55.4 Å². The second kappa shape index (κ2) is 33.2. The molecule has 524 valence electrons. The van der Waals surface area contributed by atoms with Crippen molar-refractivity contribution < 1.29 is 129 Å². The average molecular weight is 1550 g/mol. The molecular formula is C46H46N12O29S10. The summed E-state index contributed by atoms with van der Waals surface area (Å²) in [6, 6.07) is 16.9. The average Bonchev–Trinajstić information content (AvgIpc) is 0.789. The zero-order valence-corrected chi connectivity index (χ0v) is 55.9. The van der Waals surface area contributed by atoms with Crippen LogP contribution in [-0.4, -0.2) is 130 Å². The molecule has 97 heavy (non-hydrogen) atoms. The van der Waals surface area contributed by atoms with E-state index in [9.17, 15) is 85.6 Å². The van der Waals surface area contributed by atoms with Crippen molar-refractivity contribution in [3.8, 4) is 22.7 Å². The maximum Gasteiger partial charge on any atom is 0.433 e. The Hall–Kier alpha value is -8.50. The van der Waals surface area contributed by atoms with Gasteiger partial charge in [-0.15, -0.1) is 30.7 Å². The van der Waals surface area contributed by atoms with E-state index in [1.165, 1.54) is 42.5 Å². The smallest absolute Gasteiger partial charge is 0.412 e. The zero-order valence-electron chi connectivity index (χ0n) is 47.7. The molecule has 0 bridgehead atoms. The summed E-state index contributed by atoms with van der Waals surface area (Å²) in [5.74, 6) is -0.943. The van der Waals surface area contributed by atoms with Crippen LogP contribution >= 0.6 is 23.5 Å². The third-order valence-corrected chi connectivity index (χ3v) is 20.2. The number of benzene rings is 6. The number of nitrogens with two attached hydrogens (primary N) is 4. The summed E-state index contributed by atoms with van der Waals surface area (Å²) in [4.78, 5) is 3.60. The third kappa shape index (κ3) is 23.9. The van der Waals surface area contributed by atoms with Crippen LogP contribution in [-0.2, 0) is 104 Å². The van der Waals surface area contributed by atoms with Gasteiger partial charge in [0.25, 0.3) is 40.5 Å². The second-order valence-electron chi connectivity index (χ2n) is 17.8. The molecule has 0 unspecified atom stereocenters. The Labute approximate surface area is 558 Å². The maximum absolute atomic E-state index is 13.4. The van der Waals surface area contributed by atoms with E-state index < -0.39 is 169 Å². The van der Waals surface area contributed by atoms with Gasteiger partial charge in [-0.1, -0.05) is 6.07 Å². The highest BCUT2D eigenvalue weighted by molar-refractivity contribution is 8.04. The third-order valence-electron chi connectivity index (χ3n) is 11.2. The molecule has 41 nitrogen and oxygen atoms in total. The minimum absolute atomic E-state index is 0. The number of hydrogen-bond donors (Lipinski definition) is 10. The molecule has 0 heterocycles. The fourth-order valence-electron chi connectivity index (χ4n) is 7.07. The van der Waals surface area contributed by atoms with Crippen LogP contribution in [0, 0.1) is 22.7 Å². The molecule has 18 N–H and O–H groups in total. The lowest BCUT2D eigenvalue weighted by Gasteiger charge is -2.11. The fraction of sp³-hybridized carbons (Fsp3) is 0.130. The molecule has 6 rings (SSSR count). The summed E-state index contributed by atoms with van der Waals surface area (Å²) in [7, 11) is -38.6. The summed E-state index contributed by atoms with van der Waals surface area (Å²) < 4.78 is 263. The van der Waals surface area contributed by atoms with Crippen molar-refractivity contribution in [1.29, 1.82) is 0 Å². The van der Waals surface area contributed by atoms with Crippen LogP contribution in [0.2, 0.25) is 0 Å². The lowest BCUT2D eigenvalue weighted by molar-refractivity contribution is -0.135. The minimum Gasteiger partial charge on any atom is -0.412 e. The SMILES string of the molecule is Nc1c(N=Nc2ccc(SC#COOS(=O)(=O)O)cc2S(=O)(=O)O)cc(S(=O)(=O)O)c(N)c1N=Nc1ccc(S(=O)(=O)CCCOCCCS(=O)(=O)c2cccc(N=Nc3c(N)c(N=Nc4ccc(SC#COOS(=O)(=O)O)cc4S(=O)(=O)O)cc(S(=O)(=O)O)c3N)c2)cc1.O.O. The first-order valence-electron chi connectivity index (χ1n) is 24.6. The lowest BCUT2D eigenvalue weighted by Crippen LogP contribution is -2.12. The quantitative estimate of drug-likeness (QED) is 0.00418. The number of azo groups is 4. The monoisotopic (exact) mass is 1550 g/mol. The standard InChI is InChI=1S/C46H42N12O27S10.2H2O/c47-41-35(55-53-33-12-8-29(23-37(33)90(63,64)65)86-18-16-82-84-94(75,76)77)25-39(92(69,70)71)43(49)45(41)57-51-27-6-10-31(11-7-27)88(59,60)20-2-14-81-15-3-21-89(61,62)32-5-1-4-28(22-32)52-58-46-42(48)36(26-40(44(46)50)93(72,73)74)56-54-34-13-9-30(24-38(34)91(66,67)68)87-19-17-83-85-95(78,79)80;;/h1,4-13,22-26H,2-3,14-15,20-21,47-50H2,(H,63,64,65)(H,66,67,68)(H,69,70,71)(H,72,73,74)(H,75,76,77)(H,78,79,80);2*1H2. The normalized spacial score (nSPS) is 12.6. The first-order chi connectivity index (χ1) is 44.0. The van der Waals surface area contributed by atoms with Crippen molar-refractivity contribution in [2.75, 3.05) is 47.7 Å². The molecule has 0 aliphatic rings. The minimum atomic E-state index is -5.19. The van der Waals surface area contributed by atoms with Crippen LogP contribution in [0.25, 0.3) is 0 Å². The van der Waals surface area contributed by atoms with E-state index in [0.717, 1.165) is 42.5 Å². The molecule has 0 fully saturated rings. The predicted octanol–water partition coefficient (Wildman–Crippen LogP) is 5.58. The van der Waals surface area contributed by atoms with Gasteiger partial charge in [-0.2, -0.15) is 60.7 Å². The first kappa shape index (κ1) is 80.9. The van der Waals surface area contributed by atoms with Crippen molar-refractivity contribution in [1.82, 2.24) is 0 Å². The van der Waals surface area contributed by atoms with Crippen LogP contribution in [0.5, 0.6) is 0 Å². The van der Waals surface area contributed by atoms with Gasteiger partial charge in [0.2, 0.25) is 0 Å². The zero-order chi connectivity index (χ0) is 70.5. The van der Waals surface area contributed by atoms with Crippen molar-refractivity contribution >= 4 is 173 Å². The number of anilines is 4. The summed E-state index contributed by atoms with van der Waals surface area (Å²) in [6.07, 6.45) is 3.29. The highest BCUT2D eigenvalue weighted by Crippen LogP contribution is 2.45. The van der Waals surface area contributed by atoms with Crippen LogP contribution in [0.15, 0.2) is 177 Å². The highest BCUT2D eigenvalue weighted by atomic mass is 32.3. The number of ether oxygens (including phenoxy) is 1. The van der Waals surface area contributed by atoms with Gasteiger partial charge in [-0.25, -0.2) is 16.8 Å². The fourth-order valence-corrected chi connectivity index (χ4v) is 13.6. The predicted molar refractivity (Wildman–Crippen MR) is 338 cm³/mol. The molecular weight excluding hydrogens is 1510 g/mol. The summed E-state index contributed by atoms with van der Waals surface area (Å²) in [5, 5.41) is 34.8. The highest BCUT2D eigenvalue weighted by Gasteiger charge is 2.26. The summed E-state index contributed by atoms with van der Waals surface area (Å²) in [5.41, 5.74) is 18.0. The number of hydrogen-bond acceptors (Lipinski definition) is 35. The molecule has 0 spiro atoms. The molecule has 0 amide bonds. The van der Waals surface area contributed by atoms with Crippen molar-refractivity contribution in [3.63, 3.8) is 0 Å². The van der Waals surface area contributed by atoms with E-state index in [-0.39, 0.29) is 68.0 Å². The Morgan fingerprint density at radius 3 is 1.16 bits per heavy atom. The van der Waals surface area contributed by atoms with Crippen LogP contribution in [0.4, 0.5) is 68.2 Å². The number of nitrogens with zero attached hydrogens (tertiary/aromatic N) is 8. The van der Waals surface area contributed by atoms with Gasteiger partial charge in [0.15, 0.2) is 31.9 Å². The topological polar surface area (TPSA) is 707 Å². The number of nitrogen functional groups attached to an aromatic ring is 4. The Morgan fingerprint density at radius 1 is 0.392 bits per heavy atom. The summed E-state index contributed by atoms with van der Waals surface area (Å²) >= 11 is 1.03. The Balaban J connectivity index is 0.00001000. The molecule has 51 heteroatoms. The van der Waals surface area contributed by atoms with Crippen molar-refractivity contribution in [3.05, 3.63) is 97.1 Å². The van der Waals surface area contributed by atoms with Gasteiger partial charge in [-0.3, -0.25) is 37.1 Å². The van der Waals surface area contributed by atoms with Crippen LogP contribution < -0.4 is 22.9 Å².